The number of nitrogens with one attached hydrogen (secondary N) is 2. The predicted molar refractivity (Wildman–Crippen MR) is 72.3 cm³/mol. The molecule has 1 aliphatic carbocycles. The summed E-state index contributed by atoms with van der Waals surface area (Å²) in [5, 5.41) is 6.52. The zero-order valence-corrected chi connectivity index (χ0v) is 12.1. The summed E-state index contributed by atoms with van der Waals surface area (Å²) in [6, 6.07) is 0.341. The van der Waals surface area contributed by atoms with Crippen LogP contribution in [0.15, 0.2) is 0 Å². The second-order valence-corrected chi connectivity index (χ2v) is 6.43. The standard InChI is InChI=1S/C13H24N2O.ClH/c1-12(2)10(13(12,3)4)11(16)15-9-6-5-7-14-8-9;/h9-10,14H,5-8H2,1-4H3,(H,15,16);1H/t9-;/m1./s1. The van der Waals surface area contributed by atoms with E-state index in [1.54, 1.807) is 0 Å². The van der Waals surface area contributed by atoms with Gasteiger partial charge in [0, 0.05) is 18.5 Å². The van der Waals surface area contributed by atoms with Gasteiger partial charge in [0.25, 0.3) is 0 Å². The number of hydrogen-bond donors (Lipinski definition) is 2. The minimum Gasteiger partial charge on any atom is -0.352 e. The van der Waals surface area contributed by atoms with Crippen LogP contribution >= 0.6 is 12.4 Å². The van der Waals surface area contributed by atoms with Crippen molar-refractivity contribution in [2.24, 2.45) is 16.7 Å². The molecule has 2 fully saturated rings. The smallest absolute Gasteiger partial charge is 0.224 e. The lowest BCUT2D eigenvalue weighted by Gasteiger charge is -2.24. The summed E-state index contributed by atoms with van der Waals surface area (Å²) in [5.41, 5.74) is 0.304. The molecule has 1 aliphatic heterocycles. The molecule has 0 aromatic rings. The van der Waals surface area contributed by atoms with Crippen molar-refractivity contribution >= 4 is 18.3 Å². The van der Waals surface area contributed by atoms with Crippen LogP contribution in [0, 0.1) is 16.7 Å². The molecule has 1 saturated heterocycles. The van der Waals surface area contributed by atoms with Crippen molar-refractivity contribution in [3.05, 3.63) is 0 Å². The van der Waals surface area contributed by atoms with E-state index in [0.717, 1.165) is 19.5 Å². The Morgan fingerprint density at radius 2 is 1.82 bits per heavy atom. The van der Waals surface area contributed by atoms with Gasteiger partial charge in [-0.2, -0.15) is 0 Å². The molecule has 0 aromatic heterocycles. The highest BCUT2D eigenvalue weighted by molar-refractivity contribution is 5.85. The Hall–Kier alpha value is -0.280. The summed E-state index contributed by atoms with van der Waals surface area (Å²) in [6.45, 7) is 10.8. The zero-order chi connectivity index (χ0) is 12.0. The molecule has 2 rings (SSSR count). The maximum absolute atomic E-state index is 12.2. The molecule has 2 N–H and O–H groups in total. The molecule has 0 aromatic carbocycles. The van der Waals surface area contributed by atoms with Gasteiger partial charge in [0.2, 0.25) is 5.91 Å². The molecule has 0 radical (unpaired) electrons. The molecular formula is C13H25ClN2O. The average molecular weight is 261 g/mol. The van der Waals surface area contributed by atoms with Crippen molar-refractivity contribution in [3.63, 3.8) is 0 Å². The third-order valence-electron chi connectivity index (χ3n) is 4.93. The highest BCUT2D eigenvalue weighted by Crippen LogP contribution is 2.68. The van der Waals surface area contributed by atoms with Gasteiger partial charge in [-0.15, -0.1) is 12.4 Å². The van der Waals surface area contributed by atoms with Gasteiger partial charge in [-0.05, 0) is 30.2 Å². The van der Waals surface area contributed by atoms with Crippen LogP contribution in [0.5, 0.6) is 0 Å². The zero-order valence-electron chi connectivity index (χ0n) is 11.3. The van der Waals surface area contributed by atoms with Crippen LogP contribution in [-0.4, -0.2) is 25.0 Å². The minimum absolute atomic E-state index is 0. The van der Waals surface area contributed by atoms with E-state index in [0.29, 0.717) is 6.04 Å². The van der Waals surface area contributed by atoms with Gasteiger partial charge < -0.3 is 10.6 Å². The Balaban J connectivity index is 0.00000144. The topological polar surface area (TPSA) is 41.1 Å². The molecule has 0 unspecified atom stereocenters. The quantitative estimate of drug-likeness (QED) is 0.797. The molecule has 0 spiro atoms. The average Bonchev–Trinajstić information content (AvgIpc) is 2.58. The lowest BCUT2D eigenvalue weighted by molar-refractivity contribution is -0.124. The summed E-state index contributed by atoms with van der Waals surface area (Å²) in [5.74, 6) is 0.436. The molecule has 0 bridgehead atoms. The van der Waals surface area contributed by atoms with E-state index >= 15 is 0 Å². The number of halogens is 1. The van der Waals surface area contributed by atoms with E-state index in [9.17, 15) is 4.79 Å². The number of piperidine rings is 1. The van der Waals surface area contributed by atoms with Crippen molar-refractivity contribution in [2.45, 2.75) is 46.6 Å². The predicted octanol–water partition coefficient (Wildman–Crippen LogP) is 1.96. The Bertz CT molecular complexity index is 282. The molecule has 1 amide bonds. The summed E-state index contributed by atoms with van der Waals surface area (Å²) in [4.78, 5) is 12.2. The number of carbonyl (C=O) groups excluding carboxylic acids is 1. The molecule has 1 heterocycles. The highest BCUT2D eigenvalue weighted by atomic mass is 35.5. The minimum atomic E-state index is 0. The third-order valence-corrected chi connectivity index (χ3v) is 4.93. The monoisotopic (exact) mass is 260 g/mol. The van der Waals surface area contributed by atoms with E-state index in [1.165, 1.54) is 6.42 Å². The summed E-state index contributed by atoms with van der Waals surface area (Å²) < 4.78 is 0. The molecule has 17 heavy (non-hydrogen) atoms. The number of hydrogen-bond acceptors (Lipinski definition) is 2. The number of rotatable bonds is 2. The van der Waals surface area contributed by atoms with Crippen molar-refractivity contribution in [1.82, 2.24) is 10.6 Å². The molecule has 1 saturated carbocycles. The summed E-state index contributed by atoms with van der Waals surface area (Å²) in [7, 11) is 0. The van der Waals surface area contributed by atoms with E-state index in [1.807, 2.05) is 0 Å². The van der Waals surface area contributed by atoms with Crippen LogP contribution < -0.4 is 10.6 Å². The second kappa shape index (κ2) is 4.77. The van der Waals surface area contributed by atoms with E-state index in [2.05, 4.69) is 38.3 Å². The lowest BCUT2D eigenvalue weighted by atomic mass is 10.0. The van der Waals surface area contributed by atoms with Crippen LogP contribution in [0.4, 0.5) is 0 Å². The van der Waals surface area contributed by atoms with Gasteiger partial charge in [-0.3, -0.25) is 4.79 Å². The maximum Gasteiger partial charge on any atom is 0.224 e. The SMILES string of the molecule is CC1(C)C(C(=O)N[C@@H]2CCCNC2)C1(C)C.Cl. The van der Waals surface area contributed by atoms with Crippen LogP contribution in [-0.2, 0) is 4.79 Å². The largest absolute Gasteiger partial charge is 0.352 e. The molecule has 100 valence electrons. The Morgan fingerprint density at radius 3 is 2.24 bits per heavy atom. The van der Waals surface area contributed by atoms with Crippen molar-refractivity contribution in [3.8, 4) is 0 Å². The first-order valence-electron chi connectivity index (χ1n) is 6.38. The van der Waals surface area contributed by atoms with Crippen LogP contribution in [0.3, 0.4) is 0 Å². The van der Waals surface area contributed by atoms with Crippen molar-refractivity contribution < 1.29 is 4.79 Å². The van der Waals surface area contributed by atoms with Gasteiger partial charge >= 0.3 is 0 Å². The molecule has 4 heteroatoms. The van der Waals surface area contributed by atoms with Crippen LogP contribution in [0.2, 0.25) is 0 Å². The summed E-state index contributed by atoms with van der Waals surface area (Å²) in [6.07, 6.45) is 2.29. The van der Waals surface area contributed by atoms with Crippen molar-refractivity contribution in [1.29, 1.82) is 0 Å². The fourth-order valence-electron chi connectivity index (χ4n) is 3.11. The first-order valence-corrected chi connectivity index (χ1v) is 6.38. The van der Waals surface area contributed by atoms with Gasteiger partial charge in [0.15, 0.2) is 0 Å². The van der Waals surface area contributed by atoms with E-state index < -0.39 is 0 Å². The van der Waals surface area contributed by atoms with Gasteiger partial charge in [0.05, 0.1) is 0 Å². The normalized spacial score (nSPS) is 30.2. The number of carbonyl (C=O) groups is 1. The van der Waals surface area contributed by atoms with E-state index in [-0.39, 0.29) is 35.1 Å². The van der Waals surface area contributed by atoms with E-state index in [4.69, 9.17) is 0 Å². The lowest BCUT2D eigenvalue weighted by Crippen LogP contribution is -2.46. The molecule has 2 aliphatic rings. The van der Waals surface area contributed by atoms with Gasteiger partial charge in [-0.25, -0.2) is 0 Å². The first-order chi connectivity index (χ1) is 7.37. The second-order valence-electron chi connectivity index (χ2n) is 6.43. The van der Waals surface area contributed by atoms with Crippen LogP contribution in [0.1, 0.15) is 40.5 Å². The van der Waals surface area contributed by atoms with Gasteiger partial charge in [-0.1, -0.05) is 27.7 Å². The van der Waals surface area contributed by atoms with Gasteiger partial charge in [0.1, 0.15) is 0 Å². The van der Waals surface area contributed by atoms with Crippen molar-refractivity contribution in [2.75, 3.05) is 13.1 Å². The fourth-order valence-corrected chi connectivity index (χ4v) is 3.11. The Kier molecular flexibility index (Phi) is 4.15. The Morgan fingerprint density at radius 1 is 1.24 bits per heavy atom. The molecular weight excluding hydrogens is 236 g/mol. The highest BCUT2D eigenvalue weighted by Gasteiger charge is 2.68. The number of amides is 1. The maximum atomic E-state index is 12.2. The third kappa shape index (κ3) is 2.45. The summed E-state index contributed by atoms with van der Waals surface area (Å²) >= 11 is 0. The fraction of sp³-hybridized carbons (Fsp3) is 0.923. The molecule has 3 nitrogen and oxygen atoms in total. The Labute approximate surface area is 111 Å². The first kappa shape index (κ1) is 14.8. The van der Waals surface area contributed by atoms with Crippen LogP contribution in [0.25, 0.3) is 0 Å². The molecule has 1 atom stereocenters.